The molecule has 1 aromatic heterocycles. The van der Waals surface area contributed by atoms with Crippen molar-refractivity contribution in [3.8, 4) is 11.5 Å². The average Bonchev–Trinajstić information content (AvgIpc) is 3.35. The van der Waals surface area contributed by atoms with Gasteiger partial charge in [-0.05, 0) is 68.2 Å². The highest BCUT2D eigenvalue weighted by atomic mass is 32.1. The molecule has 7 nitrogen and oxygen atoms in total. The number of fused-ring (bicyclic) bond motifs is 1. The Morgan fingerprint density at radius 3 is 2.68 bits per heavy atom. The molecule has 4 rings (SSSR count). The lowest BCUT2D eigenvalue weighted by Gasteiger charge is -2.28. The topological polar surface area (TPSA) is 75.8 Å². The Labute approximate surface area is 205 Å². The molecule has 3 aromatic rings. The molecule has 1 atom stereocenters. The van der Waals surface area contributed by atoms with E-state index in [2.05, 4.69) is 23.3 Å². The van der Waals surface area contributed by atoms with E-state index in [1.165, 1.54) is 0 Å². The highest BCUT2D eigenvalue weighted by Crippen LogP contribution is 2.29. The summed E-state index contributed by atoms with van der Waals surface area (Å²) in [5.74, 6) is 1.31. The smallest absolute Gasteiger partial charge is 0.253 e. The molecule has 180 valence electrons. The van der Waals surface area contributed by atoms with E-state index >= 15 is 0 Å². The molecule has 0 spiro atoms. The van der Waals surface area contributed by atoms with E-state index in [0.717, 1.165) is 47.2 Å². The van der Waals surface area contributed by atoms with Gasteiger partial charge in [-0.15, -0.1) is 0 Å². The highest BCUT2D eigenvalue weighted by molar-refractivity contribution is 7.80. The Morgan fingerprint density at radius 2 is 1.97 bits per heavy atom. The van der Waals surface area contributed by atoms with Gasteiger partial charge in [0, 0.05) is 30.2 Å². The minimum atomic E-state index is -0.108. The van der Waals surface area contributed by atoms with Crippen molar-refractivity contribution in [1.82, 2.24) is 9.88 Å². The Balaban J connectivity index is 1.64. The predicted molar refractivity (Wildman–Crippen MR) is 139 cm³/mol. The first-order valence-electron chi connectivity index (χ1n) is 11.4. The van der Waals surface area contributed by atoms with Crippen LogP contribution in [0.2, 0.25) is 0 Å². The maximum absolute atomic E-state index is 13.0. The lowest BCUT2D eigenvalue weighted by Crippen LogP contribution is -2.40. The van der Waals surface area contributed by atoms with E-state index in [0.29, 0.717) is 35.3 Å². The largest absolute Gasteiger partial charge is 0.497 e. The molecule has 1 aliphatic rings. The van der Waals surface area contributed by atoms with Gasteiger partial charge in [-0.2, -0.15) is 0 Å². The molecule has 0 radical (unpaired) electrons. The highest BCUT2D eigenvalue weighted by Gasteiger charge is 2.23. The van der Waals surface area contributed by atoms with Crippen LogP contribution in [0.4, 0.5) is 5.69 Å². The van der Waals surface area contributed by atoms with Gasteiger partial charge < -0.3 is 29.4 Å². The van der Waals surface area contributed by atoms with E-state index in [1.54, 1.807) is 20.3 Å². The van der Waals surface area contributed by atoms with Gasteiger partial charge in [-0.1, -0.05) is 12.1 Å². The SMILES string of the molecule is COc1ccc(NC(=S)N(Cc2cc3c(C)ccc(C)c3[nH]c2=O)C[C@@H]2CCCO2)c(OC)c1. The van der Waals surface area contributed by atoms with Crippen molar-refractivity contribution in [1.29, 1.82) is 0 Å². The summed E-state index contributed by atoms with van der Waals surface area (Å²) >= 11 is 5.81. The van der Waals surface area contributed by atoms with E-state index in [4.69, 9.17) is 26.4 Å². The van der Waals surface area contributed by atoms with Gasteiger partial charge in [0.25, 0.3) is 5.56 Å². The molecular weight excluding hydrogens is 450 g/mol. The normalized spacial score (nSPS) is 15.4. The number of H-pyrrole nitrogens is 1. The first-order valence-corrected chi connectivity index (χ1v) is 11.8. The number of anilines is 1. The zero-order chi connectivity index (χ0) is 24.2. The summed E-state index contributed by atoms with van der Waals surface area (Å²) in [7, 11) is 3.21. The third kappa shape index (κ3) is 5.18. The van der Waals surface area contributed by atoms with Crippen LogP contribution >= 0.6 is 12.2 Å². The van der Waals surface area contributed by atoms with Crippen LogP contribution in [-0.4, -0.2) is 48.5 Å². The number of thiocarbonyl (C=S) groups is 1. The molecule has 2 heterocycles. The molecule has 34 heavy (non-hydrogen) atoms. The van der Waals surface area contributed by atoms with Crippen LogP contribution in [0.3, 0.4) is 0 Å². The lowest BCUT2D eigenvalue weighted by molar-refractivity contribution is 0.0904. The third-order valence-electron chi connectivity index (χ3n) is 6.27. The van der Waals surface area contributed by atoms with Crippen LogP contribution in [0.5, 0.6) is 11.5 Å². The average molecular weight is 482 g/mol. The molecule has 1 saturated heterocycles. The van der Waals surface area contributed by atoms with Gasteiger partial charge in [0.05, 0.1) is 38.1 Å². The Hall–Kier alpha value is -3.10. The quantitative estimate of drug-likeness (QED) is 0.480. The minimum absolute atomic E-state index is 0.0704. The Bertz CT molecular complexity index is 1250. The number of rotatable bonds is 7. The van der Waals surface area contributed by atoms with Gasteiger partial charge in [-0.3, -0.25) is 4.79 Å². The molecular formula is C26H31N3O4S. The van der Waals surface area contributed by atoms with Crippen molar-refractivity contribution in [2.24, 2.45) is 0 Å². The number of aryl methyl sites for hydroxylation is 2. The molecule has 0 bridgehead atoms. The van der Waals surface area contributed by atoms with Crippen LogP contribution in [0.1, 0.15) is 29.5 Å². The molecule has 1 fully saturated rings. The van der Waals surface area contributed by atoms with Gasteiger partial charge in [0.15, 0.2) is 5.11 Å². The second kappa shape index (κ2) is 10.4. The fourth-order valence-corrected chi connectivity index (χ4v) is 4.54. The number of aromatic nitrogens is 1. The number of nitrogens with zero attached hydrogens (tertiary/aromatic N) is 1. The number of aromatic amines is 1. The second-order valence-electron chi connectivity index (χ2n) is 8.62. The molecule has 0 amide bonds. The van der Waals surface area contributed by atoms with Crippen molar-refractivity contribution < 1.29 is 14.2 Å². The van der Waals surface area contributed by atoms with Crippen LogP contribution in [0.15, 0.2) is 41.2 Å². The van der Waals surface area contributed by atoms with E-state index < -0.39 is 0 Å². The van der Waals surface area contributed by atoms with E-state index in [9.17, 15) is 4.79 Å². The van der Waals surface area contributed by atoms with Crippen LogP contribution in [-0.2, 0) is 11.3 Å². The van der Waals surface area contributed by atoms with Crippen LogP contribution < -0.4 is 20.3 Å². The molecule has 2 aromatic carbocycles. The summed E-state index contributed by atoms with van der Waals surface area (Å²) in [4.78, 5) is 18.1. The molecule has 0 saturated carbocycles. The van der Waals surface area contributed by atoms with Gasteiger partial charge in [0.2, 0.25) is 0 Å². The summed E-state index contributed by atoms with van der Waals surface area (Å²) in [6.07, 6.45) is 2.07. The van der Waals surface area contributed by atoms with Crippen molar-refractivity contribution >= 4 is 33.9 Å². The molecule has 2 N–H and O–H groups in total. The van der Waals surface area contributed by atoms with Crippen LogP contribution in [0, 0.1) is 13.8 Å². The standard InChI is InChI=1S/C26H31N3O4S/c1-16-7-8-17(2)24-21(16)12-18(25(30)28-24)14-29(15-20-6-5-11-33-20)26(34)27-22-10-9-19(31-3)13-23(22)32-4/h7-10,12-13,20H,5-6,11,14-15H2,1-4H3,(H,27,34)(H,28,30)/t20-/m0/s1. The molecule has 0 aliphatic carbocycles. The fourth-order valence-electron chi connectivity index (χ4n) is 4.29. The summed E-state index contributed by atoms with van der Waals surface area (Å²) in [6, 6.07) is 11.6. The fraction of sp³-hybridized carbons (Fsp3) is 0.385. The Kier molecular flexibility index (Phi) is 7.38. The maximum Gasteiger partial charge on any atom is 0.253 e. The monoisotopic (exact) mass is 481 g/mol. The summed E-state index contributed by atoms with van der Waals surface area (Å²) in [5.41, 5.74) is 4.32. The summed E-state index contributed by atoms with van der Waals surface area (Å²) in [5, 5.41) is 4.84. The number of hydrogen-bond donors (Lipinski definition) is 2. The summed E-state index contributed by atoms with van der Waals surface area (Å²) < 4.78 is 16.7. The number of methoxy groups -OCH3 is 2. The minimum Gasteiger partial charge on any atom is -0.497 e. The van der Waals surface area contributed by atoms with Gasteiger partial charge in [0.1, 0.15) is 11.5 Å². The Morgan fingerprint density at radius 1 is 1.18 bits per heavy atom. The molecule has 8 heteroatoms. The first kappa shape index (κ1) is 24.0. The maximum atomic E-state index is 13.0. The van der Waals surface area contributed by atoms with Crippen molar-refractivity contribution in [2.75, 3.05) is 32.7 Å². The number of pyridine rings is 1. The van der Waals surface area contributed by atoms with Gasteiger partial charge in [-0.25, -0.2) is 0 Å². The lowest BCUT2D eigenvalue weighted by atomic mass is 10.0. The number of hydrogen-bond acceptors (Lipinski definition) is 5. The number of benzene rings is 2. The zero-order valence-electron chi connectivity index (χ0n) is 20.1. The van der Waals surface area contributed by atoms with Crippen molar-refractivity contribution in [3.05, 3.63) is 63.4 Å². The van der Waals surface area contributed by atoms with E-state index in [-0.39, 0.29) is 11.7 Å². The molecule has 1 aliphatic heterocycles. The number of ether oxygens (including phenoxy) is 3. The van der Waals surface area contributed by atoms with Crippen molar-refractivity contribution in [2.45, 2.75) is 39.3 Å². The zero-order valence-corrected chi connectivity index (χ0v) is 20.9. The summed E-state index contributed by atoms with van der Waals surface area (Å²) in [6.45, 7) is 5.76. The first-order chi connectivity index (χ1) is 16.4. The van der Waals surface area contributed by atoms with Crippen molar-refractivity contribution in [3.63, 3.8) is 0 Å². The predicted octanol–water partition coefficient (Wildman–Crippen LogP) is 4.54. The second-order valence-corrected chi connectivity index (χ2v) is 9.01. The van der Waals surface area contributed by atoms with E-state index in [1.807, 2.05) is 36.1 Å². The molecule has 0 unspecified atom stereocenters. The number of nitrogens with one attached hydrogen (secondary N) is 2. The van der Waals surface area contributed by atoms with Gasteiger partial charge >= 0.3 is 0 Å². The third-order valence-corrected chi connectivity index (χ3v) is 6.63. The van der Waals surface area contributed by atoms with Crippen LogP contribution in [0.25, 0.3) is 10.9 Å².